The number of phenols is 1. The molecule has 1 aromatic carbocycles. The lowest BCUT2D eigenvalue weighted by atomic mass is 9.84. The highest BCUT2D eigenvalue weighted by molar-refractivity contribution is 5.41. The van der Waals surface area contributed by atoms with Crippen LogP contribution in [0, 0.1) is 12.8 Å². The molecule has 0 aromatic heterocycles. The molecule has 2 aliphatic heterocycles. The number of rotatable bonds is 2. The van der Waals surface area contributed by atoms with Crippen LogP contribution in [0.25, 0.3) is 0 Å². The first kappa shape index (κ1) is 12.7. The van der Waals surface area contributed by atoms with Crippen LogP contribution in [0.5, 0.6) is 5.75 Å². The number of hydrogen-bond donors (Lipinski definition) is 2. The lowest BCUT2D eigenvalue weighted by molar-refractivity contribution is 0.0721. The summed E-state index contributed by atoms with van der Waals surface area (Å²) in [5, 5.41) is 20.8. The second-order valence-corrected chi connectivity index (χ2v) is 5.66. The van der Waals surface area contributed by atoms with E-state index in [-0.39, 0.29) is 11.7 Å². The third-order valence-corrected chi connectivity index (χ3v) is 4.52. The molecule has 3 nitrogen and oxygen atoms in total. The fraction of sp³-hybridized carbons (Fsp3) is 0.500. The molecule has 102 valence electrons. The van der Waals surface area contributed by atoms with E-state index in [2.05, 4.69) is 17.1 Å². The molecule has 2 aliphatic rings. The highest BCUT2D eigenvalue weighted by atomic mass is 16.3. The van der Waals surface area contributed by atoms with E-state index in [1.165, 1.54) is 6.42 Å². The Morgan fingerprint density at radius 3 is 3.00 bits per heavy atom. The van der Waals surface area contributed by atoms with Crippen LogP contribution in [0.4, 0.5) is 0 Å². The summed E-state index contributed by atoms with van der Waals surface area (Å²) in [7, 11) is 0. The van der Waals surface area contributed by atoms with Crippen molar-refractivity contribution in [3.05, 3.63) is 41.5 Å². The highest BCUT2D eigenvalue weighted by Gasteiger charge is 2.37. The van der Waals surface area contributed by atoms with E-state index in [0.29, 0.717) is 11.6 Å². The maximum atomic E-state index is 10.7. The Kier molecular flexibility index (Phi) is 3.33. The molecule has 1 saturated heterocycles. The fourth-order valence-electron chi connectivity index (χ4n) is 3.55. The number of aliphatic hydroxyl groups excluding tert-OH is 1. The quantitative estimate of drug-likeness (QED) is 0.801. The Balaban J connectivity index is 1.93. The molecule has 0 saturated carbocycles. The Morgan fingerprint density at radius 2 is 2.21 bits per heavy atom. The summed E-state index contributed by atoms with van der Waals surface area (Å²) in [4.78, 5) is 2.43. The average Bonchev–Trinajstić information content (AvgIpc) is 2.86. The third kappa shape index (κ3) is 2.17. The van der Waals surface area contributed by atoms with Gasteiger partial charge in [0.2, 0.25) is 0 Å². The fourth-order valence-corrected chi connectivity index (χ4v) is 3.55. The van der Waals surface area contributed by atoms with E-state index in [1.54, 1.807) is 6.07 Å². The van der Waals surface area contributed by atoms with E-state index in [0.717, 1.165) is 25.1 Å². The Hall–Kier alpha value is -1.32. The molecule has 2 N–H and O–H groups in total. The van der Waals surface area contributed by atoms with E-state index in [9.17, 15) is 10.2 Å². The highest BCUT2D eigenvalue weighted by Crippen LogP contribution is 2.39. The molecule has 1 fully saturated rings. The second kappa shape index (κ2) is 4.99. The summed E-state index contributed by atoms with van der Waals surface area (Å²) in [5.41, 5.74) is 1.64. The van der Waals surface area contributed by atoms with Crippen molar-refractivity contribution in [2.24, 2.45) is 5.92 Å². The number of nitrogens with zero attached hydrogens (tertiary/aromatic N) is 1. The van der Waals surface area contributed by atoms with Crippen LogP contribution in [-0.2, 0) is 0 Å². The maximum absolute atomic E-state index is 10.7. The molecular weight excluding hydrogens is 238 g/mol. The largest absolute Gasteiger partial charge is 0.508 e. The van der Waals surface area contributed by atoms with Gasteiger partial charge in [-0.25, -0.2) is 0 Å². The lowest BCUT2D eigenvalue weighted by Crippen LogP contribution is -2.40. The minimum absolute atomic E-state index is 0.0863. The molecule has 2 heterocycles. The Bertz CT molecular complexity index is 477. The SMILES string of the molecule is Cc1cccc(O)c1C(O)C1C=CCN2CCCC12. The van der Waals surface area contributed by atoms with Crippen molar-refractivity contribution < 1.29 is 10.2 Å². The molecular formula is C16H21NO2. The number of aryl methyl sites for hydroxylation is 1. The molecule has 3 atom stereocenters. The van der Waals surface area contributed by atoms with Crippen LogP contribution in [0.1, 0.15) is 30.1 Å². The van der Waals surface area contributed by atoms with Gasteiger partial charge in [0.15, 0.2) is 0 Å². The number of phenolic OH excluding ortho intramolecular Hbond substituents is 1. The minimum Gasteiger partial charge on any atom is -0.508 e. The van der Waals surface area contributed by atoms with Gasteiger partial charge in [0, 0.05) is 24.1 Å². The van der Waals surface area contributed by atoms with Gasteiger partial charge in [0.05, 0.1) is 6.10 Å². The zero-order valence-electron chi connectivity index (χ0n) is 11.3. The predicted molar refractivity (Wildman–Crippen MR) is 75.0 cm³/mol. The molecule has 3 rings (SSSR count). The predicted octanol–water partition coefficient (Wildman–Crippen LogP) is 2.38. The van der Waals surface area contributed by atoms with Crippen LogP contribution in [0.2, 0.25) is 0 Å². The number of aromatic hydroxyl groups is 1. The van der Waals surface area contributed by atoms with Crippen molar-refractivity contribution in [3.63, 3.8) is 0 Å². The van der Waals surface area contributed by atoms with Crippen LogP contribution in [0.15, 0.2) is 30.4 Å². The topological polar surface area (TPSA) is 43.7 Å². The van der Waals surface area contributed by atoms with E-state index in [4.69, 9.17) is 0 Å². The number of fused-ring (bicyclic) bond motifs is 1. The minimum atomic E-state index is -0.622. The van der Waals surface area contributed by atoms with Gasteiger partial charge in [-0.1, -0.05) is 24.3 Å². The summed E-state index contributed by atoms with van der Waals surface area (Å²) in [6, 6.07) is 5.83. The smallest absolute Gasteiger partial charge is 0.121 e. The lowest BCUT2D eigenvalue weighted by Gasteiger charge is -2.36. The van der Waals surface area contributed by atoms with Gasteiger partial charge in [-0.05, 0) is 37.9 Å². The van der Waals surface area contributed by atoms with E-state index >= 15 is 0 Å². The van der Waals surface area contributed by atoms with Crippen molar-refractivity contribution >= 4 is 0 Å². The Morgan fingerprint density at radius 1 is 1.37 bits per heavy atom. The van der Waals surface area contributed by atoms with Gasteiger partial charge in [0.1, 0.15) is 5.75 Å². The van der Waals surface area contributed by atoms with Crippen LogP contribution in [-0.4, -0.2) is 34.2 Å². The normalized spacial score (nSPS) is 28.3. The number of benzene rings is 1. The van der Waals surface area contributed by atoms with Gasteiger partial charge < -0.3 is 10.2 Å². The zero-order valence-corrected chi connectivity index (χ0v) is 11.3. The third-order valence-electron chi connectivity index (χ3n) is 4.52. The summed E-state index contributed by atoms with van der Waals surface area (Å²) < 4.78 is 0. The molecule has 0 bridgehead atoms. The van der Waals surface area contributed by atoms with Gasteiger partial charge in [-0.15, -0.1) is 0 Å². The van der Waals surface area contributed by atoms with Crippen molar-refractivity contribution in [1.29, 1.82) is 0 Å². The van der Waals surface area contributed by atoms with Crippen molar-refractivity contribution in [3.8, 4) is 5.75 Å². The molecule has 3 unspecified atom stereocenters. The first-order chi connectivity index (χ1) is 9.18. The number of aliphatic hydroxyl groups is 1. The maximum Gasteiger partial charge on any atom is 0.121 e. The molecule has 0 radical (unpaired) electrons. The van der Waals surface area contributed by atoms with Crippen molar-refractivity contribution in [2.75, 3.05) is 13.1 Å². The monoisotopic (exact) mass is 259 g/mol. The van der Waals surface area contributed by atoms with E-state index < -0.39 is 6.10 Å². The van der Waals surface area contributed by atoms with E-state index in [1.807, 2.05) is 19.1 Å². The standard InChI is InChI=1S/C16H21NO2/c1-11-5-2-8-14(18)15(11)16(19)12-6-3-9-17-10-4-7-13(12)17/h2-3,5-6,8,12-13,16,18-19H,4,7,9-10H2,1H3. The van der Waals surface area contributed by atoms with Gasteiger partial charge in [0.25, 0.3) is 0 Å². The van der Waals surface area contributed by atoms with Crippen LogP contribution >= 0.6 is 0 Å². The molecule has 0 spiro atoms. The second-order valence-electron chi connectivity index (χ2n) is 5.66. The number of hydrogen-bond acceptors (Lipinski definition) is 3. The summed E-state index contributed by atoms with van der Waals surface area (Å²) in [5.74, 6) is 0.291. The van der Waals surface area contributed by atoms with Crippen molar-refractivity contribution in [2.45, 2.75) is 31.9 Å². The zero-order chi connectivity index (χ0) is 13.4. The molecule has 3 heteroatoms. The summed E-state index contributed by atoms with van der Waals surface area (Å²) in [6.07, 6.45) is 5.99. The van der Waals surface area contributed by atoms with Gasteiger partial charge >= 0.3 is 0 Å². The average molecular weight is 259 g/mol. The molecule has 0 aliphatic carbocycles. The van der Waals surface area contributed by atoms with Crippen LogP contribution in [0.3, 0.4) is 0 Å². The molecule has 19 heavy (non-hydrogen) atoms. The summed E-state index contributed by atoms with van der Waals surface area (Å²) in [6.45, 7) is 4.06. The first-order valence-corrected chi connectivity index (χ1v) is 7.05. The summed E-state index contributed by atoms with van der Waals surface area (Å²) >= 11 is 0. The van der Waals surface area contributed by atoms with Crippen LogP contribution < -0.4 is 0 Å². The van der Waals surface area contributed by atoms with Crippen molar-refractivity contribution in [1.82, 2.24) is 4.90 Å². The van der Waals surface area contributed by atoms with Gasteiger partial charge in [-0.2, -0.15) is 0 Å². The molecule has 0 amide bonds. The molecule has 1 aromatic rings. The first-order valence-electron chi connectivity index (χ1n) is 7.05. The van der Waals surface area contributed by atoms with Gasteiger partial charge in [-0.3, -0.25) is 4.90 Å². The Labute approximate surface area is 114 Å².